The van der Waals surface area contributed by atoms with E-state index in [1.54, 1.807) is 0 Å². The van der Waals surface area contributed by atoms with Crippen molar-refractivity contribution in [1.82, 2.24) is 5.32 Å². The molecule has 1 fully saturated rings. The van der Waals surface area contributed by atoms with Gasteiger partial charge in [-0.2, -0.15) is 0 Å². The van der Waals surface area contributed by atoms with Gasteiger partial charge in [0.25, 0.3) is 0 Å². The van der Waals surface area contributed by atoms with E-state index < -0.39 is 5.60 Å². The molecule has 20 heavy (non-hydrogen) atoms. The molecule has 2 aromatic rings. The highest BCUT2D eigenvalue weighted by atomic mass is 16.5. The van der Waals surface area contributed by atoms with Crippen LogP contribution in [0.3, 0.4) is 0 Å². The van der Waals surface area contributed by atoms with Gasteiger partial charge < -0.3 is 15.2 Å². The minimum atomic E-state index is -0.758. The number of hydrogen-bond acceptors (Lipinski definition) is 3. The molecular formula is C17H19NO2. The molecule has 104 valence electrons. The van der Waals surface area contributed by atoms with E-state index in [1.807, 2.05) is 54.6 Å². The van der Waals surface area contributed by atoms with Gasteiger partial charge in [0.15, 0.2) is 0 Å². The third kappa shape index (κ3) is 2.84. The Kier molecular flexibility index (Phi) is 3.72. The molecule has 0 aliphatic carbocycles. The van der Waals surface area contributed by atoms with Crippen molar-refractivity contribution in [2.75, 3.05) is 13.1 Å². The van der Waals surface area contributed by atoms with E-state index in [0.717, 1.165) is 29.8 Å². The predicted octanol–water partition coefficient (Wildman–Crippen LogP) is 2.45. The number of nitrogens with one attached hydrogen (secondary N) is 1. The molecule has 0 spiro atoms. The van der Waals surface area contributed by atoms with Gasteiger partial charge in [-0.3, -0.25) is 0 Å². The Balaban J connectivity index is 1.71. The van der Waals surface area contributed by atoms with Gasteiger partial charge in [0.1, 0.15) is 18.0 Å². The summed E-state index contributed by atoms with van der Waals surface area (Å²) in [5, 5.41) is 13.8. The quantitative estimate of drug-likeness (QED) is 0.896. The van der Waals surface area contributed by atoms with Crippen molar-refractivity contribution in [3.05, 3.63) is 65.7 Å². The van der Waals surface area contributed by atoms with Gasteiger partial charge in [0.2, 0.25) is 0 Å². The molecule has 2 N–H and O–H groups in total. The van der Waals surface area contributed by atoms with Crippen LogP contribution in [0.2, 0.25) is 0 Å². The van der Waals surface area contributed by atoms with Crippen LogP contribution < -0.4 is 10.1 Å². The lowest BCUT2D eigenvalue weighted by atomic mass is 9.93. The normalized spacial score (nSPS) is 21.9. The van der Waals surface area contributed by atoms with Crippen LogP contribution in [0.4, 0.5) is 0 Å². The van der Waals surface area contributed by atoms with E-state index in [2.05, 4.69) is 5.32 Å². The number of hydrogen-bond donors (Lipinski definition) is 2. The second-order valence-electron chi connectivity index (χ2n) is 5.26. The summed E-state index contributed by atoms with van der Waals surface area (Å²) < 4.78 is 5.81. The van der Waals surface area contributed by atoms with Gasteiger partial charge in [-0.1, -0.05) is 42.5 Å². The van der Waals surface area contributed by atoms with Crippen molar-refractivity contribution >= 4 is 0 Å². The monoisotopic (exact) mass is 269 g/mol. The lowest BCUT2D eigenvalue weighted by Crippen LogP contribution is -2.28. The summed E-state index contributed by atoms with van der Waals surface area (Å²) in [5.74, 6) is 0.798. The Bertz CT molecular complexity index is 562. The van der Waals surface area contributed by atoms with Crippen LogP contribution in [0, 0.1) is 0 Å². The van der Waals surface area contributed by atoms with Crippen molar-refractivity contribution in [3.63, 3.8) is 0 Å². The summed E-state index contributed by atoms with van der Waals surface area (Å²) in [4.78, 5) is 0. The zero-order valence-corrected chi connectivity index (χ0v) is 11.4. The Morgan fingerprint density at radius 2 is 1.95 bits per heavy atom. The first-order valence-corrected chi connectivity index (χ1v) is 6.97. The van der Waals surface area contributed by atoms with E-state index in [1.165, 1.54) is 0 Å². The largest absolute Gasteiger partial charge is 0.489 e. The van der Waals surface area contributed by atoms with E-state index in [9.17, 15) is 5.11 Å². The molecule has 1 aliphatic heterocycles. The summed E-state index contributed by atoms with van der Waals surface area (Å²) in [6, 6.07) is 17.8. The van der Waals surface area contributed by atoms with Crippen molar-refractivity contribution < 1.29 is 9.84 Å². The van der Waals surface area contributed by atoms with Crippen LogP contribution in [0.15, 0.2) is 54.6 Å². The van der Waals surface area contributed by atoms with E-state index in [4.69, 9.17) is 4.74 Å². The van der Waals surface area contributed by atoms with Crippen LogP contribution in [-0.4, -0.2) is 18.2 Å². The Hall–Kier alpha value is -1.84. The van der Waals surface area contributed by atoms with E-state index >= 15 is 0 Å². The van der Waals surface area contributed by atoms with E-state index in [-0.39, 0.29) is 0 Å². The molecule has 3 nitrogen and oxygen atoms in total. The Labute approximate surface area is 119 Å². The maximum Gasteiger partial charge on any atom is 0.120 e. The first kappa shape index (κ1) is 13.2. The summed E-state index contributed by atoms with van der Waals surface area (Å²) in [6.07, 6.45) is 0.745. The smallest absolute Gasteiger partial charge is 0.120 e. The molecule has 0 aromatic heterocycles. The van der Waals surface area contributed by atoms with Crippen molar-refractivity contribution in [2.45, 2.75) is 18.6 Å². The highest BCUT2D eigenvalue weighted by Gasteiger charge is 2.33. The number of benzene rings is 2. The fourth-order valence-electron chi connectivity index (χ4n) is 2.54. The van der Waals surface area contributed by atoms with Gasteiger partial charge in [0.05, 0.1) is 0 Å². The summed E-state index contributed by atoms with van der Waals surface area (Å²) in [6.45, 7) is 2.00. The van der Waals surface area contributed by atoms with Crippen LogP contribution in [0.25, 0.3) is 0 Å². The van der Waals surface area contributed by atoms with Crippen LogP contribution in [0.1, 0.15) is 17.5 Å². The zero-order chi connectivity index (χ0) is 13.8. The molecule has 1 aliphatic rings. The molecular weight excluding hydrogens is 250 g/mol. The minimum absolute atomic E-state index is 0.543. The highest BCUT2D eigenvalue weighted by Crippen LogP contribution is 2.30. The maximum atomic E-state index is 10.6. The average molecular weight is 269 g/mol. The first-order valence-electron chi connectivity index (χ1n) is 6.97. The molecule has 0 bridgehead atoms. The van der Waals surface area contributed by atoms with Crippen LogP contribution >= 0.6 is 0 Å². The van der Waals surface area contributed by atoms with Crippen molar-refractivity contribution in [3.8, 4) is 5.75 Å². The van der Waals surface area contributed by atoms with Gasteiger partial charge in [-0.15, -0.1) is 0 Å². The lowest BCUT2D eigenvalue weighted by Gasteiger charge is -2.22. The van der Waals surface area contributed by atoms with Crippen LogP contribution in [0.5, 0.6) is 5.75 Å². The number of ether oxygens (including phenoxy) is 1. The average Bonchev–Trinajstić information content (AvgIpc) is 2.95. The topological polar surface area (TPSA) is 41.5 Å². The molecule has 3 rings (SSSR count). The number of rotatable bonds is 4. The standard InChI is InChI=1S/C17H19NO2/c19-17(9-10-18-13-17)15-7-4-8-16(11-15)20-12-14-5-2-1-3-6-14/h1-8,11,18-19H,9-10,12-13H2. The number of β-amino-alcohol motifs (C(OH)–C–C–N with tert-alkyl or cyclic N) is 1. The number of aliphatic hydroxyl groups is 1. The minimum Gasteiger partial charge on any atom is -0.489 e. The second-order valence-corrected chi connectivity index (χ2v) is 5.26. The maximum absolute atomic E-state index is 10.6. The first-order chi connectivity index (χ1) is 9.76. The summed E-state index contributed by atoms with van der Waals surface area (Å²) in [5.41, 5.74) is 1.30. The fraction of sp³-hybridized carbons (Fsp3) is 0.294. The molecule has 1 saturated heterocycles. The molecule has 1 unspecified atom stereocenters. The SMILES string of the molecule is OC1(c2cccc(OCc3ccccc3)c2)CCNC1. The van der Waals surface area contributed by atoms with Crippen molar-refractivity contribution in [1.29, 1.82) is 0 Å². The fourth-order valence-corrected chi connectivity index (χ4v) is 2.54. The summed E-state index contributed by atoms with van der Waals surface area (Å²) in [7, 11) is 0. The zero-order valence-electron chi connectivity index (χ0n) is 11.4. The third-order valence-electron chi connectivity index (χ3n) is 3.75. The molecule has 3 heteroatoms. The lowest BCUT2D eigenvalue weighted by molar-refractivity contribution is 0.0584. The van der Waals surface area contributed by atoms with Gasteiger partial charge in [-0.05, 0) is 36.2 Å². The summed E-state index contributed by atoms with van der Waals surface area (Å²) >= 11 is 0. The predicted molar refractivity (Wildman–Crippen MR) is 78.6 cm³/mol. The highest BCUT2D eigenvalue weighted by molar-refractivity contribution is 5.33. The molecule has 1 atom stereocenters. The van der Waals surface area contributed by atoms with Gasteiger partial charge in [0, 0.05) is 6.54 Å². The Morgan fingerprint density at radius 1 is 1.10 bits per heavy atom. The molecule has 0 radical (unpaired) electrons. The second kappa shape index (κ2) is 5.65. The third-order valence-corrected chi connectivity index (χ3v) is 3.75. The molecule has 2 aromatic carbocycles. The van der Waals surface area contributed by atoms with Gasteiger partial charge in [-0.25, -0.2) is 0 Å². The molecule has 0 amide bonds. The molecule has 0 saturated carbocycles. The molecule has 1 heterocycles. The Morgan fingerprint density at radius 3 is 2.70 bits per heavy atom. The van der Waals surface area contributed by atoms with Crippen molar-refractivity contribution in [2.24, 2.45) is 0 Å². The van der Waals surface area contributed by atoms with Crippen LogP contribution in [-0.2, 0) is 12.2 Å². The van der Waals surface area contributed by atoms with Gasteiger partial charge >= 0.3 is 0 Å². The van der Waals surface area contributed by atoms with E-state index in [0.29, 0.717) is 13.2 Å².